The predicted octanol–water partition coefficient (Wildman–Crippen LogP) is 3.85. The number of aldehydes is 1. The summed E-state index contributed by atoms with van der Waals surface area (Å²) in [6.07, 6.45) is 7.58. The first-order valence-electron chi connectivity index (χ1n) is 9.94. The standard InChI is InChI=1S/C24H21N5O/c30-16-22-19(14-23-25-11-12-26-23)28-24-20(13-17-7-3-1-4-8-17)27-21(15-29(22)24)18-9-5-2-6-10-18/h1-12,15-16,20,27H,13-14H2,(H,25,26). The van der Waals surface area contributed by atoms with Crippen molar-refractivity contribution in [2.75, 3.05) is 0 Å². The van der Waals surface area contributed by atoms with Crippen molar-refractivity contribution in [2.45, 2.75) is 18.9 Å². The minimum absolute atomic E-state index is 0.0587. The number of nitrogens with zero attached hydrogens (tertiary/aromatic N) is 3. The van der Waals surface area contributed by atoms with Crippen molar-refractivity contribution >= 4 is 18.2 Å². The Hall–Kier alpha value is -3.93. The average Bonchev–Trinajstić information content (AvgIpc) is 3.43. The van der Waals surface area contributed by atoms with E-state index >= 15 is 0 Å². The summed E-state index contributed by atoms with van der Waals surface area (Å²) in [6.45, 7) is 0. The van der Waals surface area contributed by atoms with Crippen LogP contribution < -0.4 is 5.32 Å². The summed E-state index contributed by atoms with van der Waals surface area (Å²) in [7, 11) is 0. The second-order valence-electron chi connectivity index (χ2n) is 7.30. The highest BCUT2D eigenvalue weighted by Gasteiger charge is 2.28. The van der Waals surface area contributed by atoms with Crippen LogP contribution in [0, 0.1) is 0 Å². The number of aromatic amines is 1. The lowest BCUT2D eigenvalue weighted by atomic mass is 10.0. The topological polar surface area (TPSA) is 75.6 Å². The van der Waals surface area contributed by atoms with Gasteiger partial charge in [0, 0.05) is 18.6 Å². The molecule has 148 valence electrons. The fourth-order valence-corrected chi connectivity index (χ4v) is 3.89. The number of benzene rings is 2. The van der Waals surface area contributed by atoms with Gasteiger partial charge in [-0.3, -0.25) is 9.36 Å². The molecule has 1 aliphatic rings. The van der Waals surface area contributed by atoms with Crippen LogP contribution in [0.2, 0.25) is 0 Å². The molecule has 0 aliphatic carbocycles. The van der Waals surface area contributed by atoms with Gasteiger partial charge < -0.3 is 10.3 Å². The lowest BCUT2D eigenvalue weighted by Crippen LogP contribution is -2.29. The smallest absolute Gasteiger partial charge is 0.168 e. The minimum atomic E-state index is -0.0587. The van der Waals surface area contributed by atoms with Gasteiger partial charge in [0.15, 0.2) is 6.29 Å². The number of fused-ring (bicyclic) bond motifs is 1. The van der Waals surface area contributed by atoms with E-state index in [1.54, 1.807) is 12.4 Å². The lowest BCUT2D eigenvalue weighted by Gasteiger charge is -2.27. The van der Waals surface area contributed by atoms with Crippen LogP contribution in [0.15, 0.2) is 73.1 Å². The molecule has 0 radical (unpaired) electrons. The highest BCUT2D eigenvalue weighted by atomic mass is 16.1. The van der Waals surface area contributed by atoms with E-state index < -0.39 is 0 Å². The van der Waals surface area contributed by atoms with Crippen LogP contribution in [0.25, 0.3) is 11.9 Å². The molecule has 1 atom stereocenters. The second kappa shape index (κ2) is 7.83. The van der Waals surface area contributed by atoms with Crippen molar-refractivity contribution in [1.82, 2.24) is 24.8 Å². The number of carbonyl (C=O) groups excluding carboxylic acids is 1. The average molecular weight is 395 g/mol. The van der Waals surface area contributed by atoms with Gasteiger partial charge in [-0.1, -0.05) is 60.7 Å². The van der Waals surface area contributed by atoms with Gasteiger partial charge >= 0.3 is 0 Å². The molecule has 1 unspecified atom stereocenters. The molecule has 3 heterocycles. The van der Waals surface area contributed by atoms with E-state index in [1.165, 1.54) is 5.56 Å². The Kier molecular flexibility index (Phi) is 4.73. The molecule has 4 aromatic rings. The minimum Gasteiger partial charge on any atom is -0.373 e. The van der Waals surface area contributed by atoms with E-state index in [9.17, 15) is 4.79 Å². The third kappa shape index (κ3) is 3.43. The van der Waals surface area contributed by atoms with E-state index in [0.717, 1.165) is 41.3 Å². The Bertz CT molecular complexity index is 1180. The summed E-state index contributed by atoms with van der Waals surface area (Å²) in [4.78, 5) is 24.3. The zero-order chi connectivity index (χ0) is 20.3. The summed E-state index contributed by atoms with van der Waals surface area (Å²) < 4.78 is 1.93. The van der Waals surface area contributed by atoms with Gasteiger partial charge in [0.1, 0.15) is 17.3 Å². The van der Waals surface area contributed by atoms with Crippen LogP contribution in [0.4, 0.5) is 0 Å². The molecule has 0 amide bonds. The first-order valence-corrected chi connectivity index (χ1v) is 9.94. The van der Waals surface area contributed by atoms with Gasteiger partial charge in [-0.15, -0.1) is 0 Å². The third-order valence-electron chi connectivity index (χ3n) is 5.32. The summed E-state index contributed by atoms with van der Waals surface area (Å²) in [5, 5.41) is 3.64. The Morgan fingerprint density at radius 1 is 1.03 bits per heavy atom. The quantitative estimate of drug-likeness (QED) is 0.486. The number of carbonyl (C=O) groups is 1. The van der Waals surface area contributed by atoms with Crippen molar-refractivity contribution in [3.63, 3.8) is 0 Å². The normalized spacial score (nSPS) is 15.2. The summed E-state index contributed by atoms with van der Waals surface area (Å²) >= 11 is 0. The molecule has 2 N–H and O–H groups in total. The zero-order valence-corrected chi connectivity index (χ0v) is 16.3. The van der Waals surface area contributed by atoms with Crippen molar-refractivity contribution in [2.24, 2.45) is 0 Å². The van der Waals surface area contributed by atoms with Crippen molar-refractivity contribution in [1.29, 1.82) is 0 Å². The molecule has 2 aromatic heterocycles. The molecular formula is C24H21N5O. The number of aromatic nitrogens is 4. The fourth-order valence-electron chi connectivity index (χ4n) is 3.89. The van der Waals surface area contributed by atoms with E-state index in [2.05, 4.69) is 39.6 Å². The van der Waals surface area contributed by atoms with Crippen LogP contribution in [0.5, 0.6) is 0 Å². The SMILES string of the molecule is O=Cc1c(Cc2ncc[nH]2)nc2n1C=C(c1ccccc1)NC2Cc1ccccc1. The van der Waals surface area contributed by atoms with Gasteiger partial charge in [-0.05, 0) is 17.5 Å². The fraction of sp³-hybridized carbons (Fsp3) is 0.125. The monoisotopic (exact) mass is 395 g/mol. The van der Waals surface area contributed by atoms with E-state index in [0.29, 0.717) is 12.1 Å². The first kappa shape index (κ1) is 18.1. The van der Waals surface area contributed by atoms with Gasteiger partial charge in [-0.25, -0.2) is 9.97 Å². The van der Waals surface area contributed by atoms with E-state index in [4.69, 9.17) is 4.98 Å². The van der Waals surface area contributed by atoms with Gasteiger partial charge in [0.05, 0.1) is 23.9 Å². The summed E-state index contributed by atoms with van der Waals surface area (Å²) in [6, 6.07) is 20.4. The summed E-state index contributed by atoms with van der Waals surface area (Å²) in [5.74, 6) is 1.62. The molecule has 2 aromatic carbocycles. The number of hydrogen-bond donors (Lipinski definition) is 2. The van der Waals surface area contributed by atoms with Crippen LogP contribution in [-0.2, 0) is 12.8 Å². The Morgan fingerprint density at radius 2 is 1.80 bits per heavy atom. The Labute approximate surface area is 174 Å². The maximum Gasteiger partial charge on any atom is 0.168 e. The van der Waals surface area contributed by atoms with Crippen molar-refractivity contribution < 1.29 is 4.79 Å². The number of rotatable bonds is 6. The van der Waals surface area contributed by atoms with Crippen LogP contribution in [-0.4, -0.2) is 25.8 Å². The van der Waals surface area contributed by atoms with Crippen LogP contribution in [0.1, 0.15) is 45.0 Å². The Morgan fingerprint density at radius 3 is 2.50 bits per heavy atom. The maximum absolute atomic E-state index is 12.1. The molecule has 1 aliphatic heterocycles. The second-order valence-corrected chi connectivity index (χ2v) is 7.30. The lowest BCUT2D eigenvalue weighted by molar-refractivity contribution is 0.111. The van der Waals surface area contributed by atoms with Gasteiger partial charge in [0.2, 0.25) is 0 Å². The maximum atomic E-state index is 12.1. The first-order chi connectivity index (χ1) is 14.8. The van der Waals surface area contributed by atoms with E-state index in [1.807, 2.05) is 47.2 Å². The largest absolute Gasteiger partial charge is 0.373 e. The number of H-pyrrole nitrogens is 1. The van der Waals surface area contributed by atoms with Gasteiger partial charge in [0.25, 0.3) is 0 Å². The predicted molar refractivity (Wildman–Crippen MR) is 116 cm³/mol. The number of hydrogen-bond acceptors (Lipinski definition) is 4. The van der Waals surface area contributed by atoms with Crippen LogP contribution >= 0.6 is 0 Å². The van der Waals surface area contributed by atoms with Gasteiger partial charge in [-0.2, -0.15) is 0 Å². The molecule has 0 fully saturated rings. The molecule has 0 saturated heterocycles. The Balaban J connectivity index is 1.60. The number of imidazole rings is 2. The van der Waals surface area contributed by atoms with E-state index in [-0.39, 0.29) is 6.04 Å². The molecule has 30 heavy (non-hydrogen) atoms. The molecule has 0 bridgehead atoms. The summed E-state index contributed by atoms with van der Waals surface area (Å²) in [5.41, 5.74) is 4.53. The third-order valence-corrected chi connectivity index (χ3v) is 5.32. The molecule has 0 spiro atoms. The highest BCUT2D eigenvalue weighted by molar-refractivity contribution is 5.82. The number of nitrogens with one attached hydrogen (secondary N) is 2. The van der Waals surface area contributed by atoms with Crippen LogP contribution in [0.3, 0.4) is 0 Å². The van der Waals surface area contributed by atoms with Crippen molar-refractivity contribution in [3.05, 3.63) is 107 Å². The molecule has 0 saturated carbocycles. The zero-order valence-electron chi connectivity index (χ0n) is 16.3. The molecule has 6 heteroatoms. The molecule has 6 nitrogen and oxygen atoms in total. The molecule has 5 rings (SSSR count). The molecular weight excluding hydrogens is 374 g/mol. The highest BCUT2D eigenvalue weighted by Crippen LogP contribution is 2.30. The van der Waals surface area contributed by atoms with Crippen molar-refractivity contribution in [3.8, 4) is 0 Å².